The quantitative estimate of drug-likeness (QED) is 0.162. The van der Waals surface area contributed by atoms with Crippen LogP contribution in [0.4, 0.5) is 0 Å². The van der Waals surface area contributed by atoms with Crippen LogP contribution < -0.4 is 5.32 Å². The standard InChI is InChI=1S/C39H55ClN2O5S/c1-37(2,3)41-36(46)32-21-26-13-15-30(40)20-29(26)23-42(32)24-33(43)27-10-8-11-28(19-27)34(48-39(17-18-39)22-35(44)45)16-14-25-9-6-7-12-31(25)38(4,5)47/h6-12,19,26,29-30,32-34,43,47H,13-18,20-24H2,1-5H3,(H,41,46)(H,44,45)/t26-,29+,30?,32-,33+,34-/m0/s1. The Balaban J connectivity index is 1.37. The highest BCUT2D eigenvalue weighted by atomic mass is 35.5. The number of aliphatic carboxylic acids is 1. The lowest BCUT2D eigenvalue weighted by Crippen LogP contribution is -2.58. The Bertz CT molecular complexity index is 1430. The minimum atomic E-state index is -0.970. The second kappa shape index (κ2) is 15.0. The first-order valence-corrected chi connectivity index (χ1v) is 19.0. The molecule has 48 heavy (non-hydrogen) atoms. The van der Waals surface area contributed by atoms with Gasteiger partial charge >= 0.3 is 5.97 Å². The first kappa shape index (κ1) is 37.2. The molecule has 1 aliphatic heterocycles. The summed E-state index contributed by atoms with van der Waals surface area (Å²) in [5.41, 5.74) is 2.53. The number of amides is 1. The topological polar surface area (TPSA) is 110 Å². The largest absolute Gasteiger partial charge is 0.481 e. The van der Waals surface area contributed by atoms with Crippen LogP contribution in [0.25, 0.3) is 0 Å². The van der Waals surface area contributed by atoms with Crippen molar-refractivity contribution in [2.45, 2.75) is 131 Å². The van der Waals surface area contributed by atoms with Gasteiger partial charge in [0.05, 0.1) is 24.2 Å². The van der Waals surface area contributed by atoms with Crippen molar-refractivity contribution in [3.63, 3.8) is 0 Å². The number of aryl methyl sites for hydroxylation is 1. The molecule has 5 rings (SSSR count). The molecule has 1 heterocycles. The number of carboxylic acid groups (broad SMARTS) is 1. The van der Waals surface area contributed by atoms with E-state index in [2.05, 4.69) is 28.4 Å². The molecule has 2 aliphatic carbocycles. The van der Waals surface area contributed by atoms with Crippen molar-refractivity contribution in [1.29, 1.82) is 0 Å². The predicted octanol–water partition coefficient (Wildman–Crippen LogP) is 7.37. The average molecular weight is 699 g/mol. The van der Waals surface area contributed by atoms with Crippen LogP contribution in [0.5, 0.6) is 0 Å². The number of thioether (sulfide) groups is 1. The van der Waals surface area contributed by atoms with Crippen LogP contribution in [0.3, 0.4) is 0 Å². The number of carboxylic acids is 1. The van der Waals surface area contributed by atoms with E-state index in [4.69, 9.17) is 11.6 Å². The molecular weight excluding hydrogens is 644 g/mol. The minimum absolute atomic E-state index is 0.0119. The minimum Gasteiger partial charge on any atom is -0.481 e. The molecule has 3 aliphatic rings. The summed E-state index contributed by atoms with van der Waals surface area (Å²) in [6.07, 6.45) is 6.34. The third-order valence-corrected chi connectivity index (χ3v) is 12.7. The Morgan fingerprint density at radius 3 is 2.40 bits per heavy atom. The molecule has 2 aromatic carbocycles. The summed E-state index contributed by atoms with van der Waals surface area (Å²) in [6, 6.07) is 15.8. The maximum Gasteiger partial charge on any atom is 0.304 e. The van der Waals surface area contributed by atoms with Gasteiger partial charge < -0.3 is 20.6 Å². The number of benzene rings is 2. The van der Waals surface area contributed by atoms with Gasteiger partial charge in [-0.1, -0.05) is 48.5 Å². The predicted molar refractivity (Wildman–Crippen MR) is 194 cm³/mol. The van der Waals surface area contributed by atoms with Gasteiger partial charge in [-0.3, -0.25) is 14.5 Å². The number of rotatable bonds is 13. The summed E-state index contributed by atoms with van der Waals surface area (Å²) in [6.45, 7) is 10.7. The number of carbonyl (C=O) groups is 2. The van der Waals surface area contributed by atoms with Crippen molar-refractivity contribution in [1.82, 2.24) is 10.2 Å². The Labute approximate surface area is 296 Å². The Hall–Kier alpha value is -2.10. The number of alkyl halides is 1. The number of hydrogen-bond acceptors (Lipinski definition) is 6. The average Bonchev–Trinajstić information content (AvgIpc) is 3.75. The number of β-amino-alcohol motifs (C(OH)–C–C–N with tert-alkyl or cyclic N) is 1. The number of halogens is 1. The van der Waals surface area contributed by atoms with Crippen LogP contribution in [0.2, 0.25) is 0 Å². The van der Waals surface area contributed by atoms with E-state index >= 15 is 0 Å². The number of hydrogen-bond donors (Lipinski definition) is 4. The lowest BCUT2D eigenvalue weighted by molar-refractivity contribution is -0.137. The molecule has 1 unspecified atom stereocenters. The van der Waals surface area contributed by atoms with E-state index in [-0.39, 0.29) is 39.3 Å². The summed E-state index contributed by atoms with van der Waals surface area (Å²) in [7, 11) is 0. The molecule has 1 saturated heterocycles. The molecule has 1 amide bonds. The SMILES string of the molecule is CC(C)(C)NC(=O)[C@@H]1C[C@@H]2CCC(Cl)C[C@@H]2CN1C[C@@H](O)c1cccc([C@H](CCc2ccccc2C(C)(C)O)SC2(CC(=O)O)CC2)c1. The molecule has 0 radical (unpaired) electrons. The van der Waals surface area contributed by atoms with Gasteiger partial charge in [0.1, 0.15) is 0 Å². The van der Waals surface area contributed by atoms with Gasteiger partial charge in [-0.15, -0.1) is 23.4 Å². The fraction of sp³-hybridized carbons (Fsp3) is 0.641. The molecule has 9 heteroatoms. The summed E-state index contributed by atoms with van der Waals surface area (Å²) in [4.78, 5) is 27.6. The van der Waals surface area contributed by atoms with E-state index in [1.807, 2.05) is 51.1 Å². The molecule has 2 aromatic rings. The molecule has 7 nitrogen and oxygen atoms in total. The zero-order chi connectivity index (χ0) is 34.9. The van der Waals surface area contributed by atoms with Gasteiger partial charge in [0.25, 0.3) is 0 Å². The zero-order valence-electron chi connectivity index (χ0n) is 29.3. The van der Waals surface area contributed by atoms with Crippen molar-refractivity contribution >= 4 is 35.2 Å². The lowest BCUT2D eigenvalue weighted by Gasteiger charge is -2.47. The summed E-state index contributed by atoms with van der Waals surface area (Å²) < 4.78 is -0.279. The molecule has 4 N–H and O–H groups in total. The van der Waals surface area contributed by atoms with Gasteiger partial charge in [0.2, 0.25) is 5.91 Å². The van der Waals surface area contributed by atoms with Crippen molar-refractivity contribution in [2.24, 2.45) is 11.8 Å². The first-order chi connectivity index (χ1) is 22.5. The van der Waals surface area contributed by atoms with E-state index in [0.717, 1.165) is 80.2 Å². The molecular formula is C39H55ClN2O5S. The van der Waals surface area contributed by atoms with E-state index in [9.17, 15) is 24.9 Å². The number of aliphatic hydroxyl groups is 2. The normalized spacial score (nSPS) is 25.5. The van der Waals surface area contributed by atoms with Crippen molar-refractivity contribution in [2.75, 3.05) is 13.1 Å². The van der Waals surface area contributed by atoms with Gasteiger partial charge in [-0.2, -0.15) is 0 Å². The second-order valence-corrected chi connectivity index (χ2v) is 18.5. The van der Waals surface area contributed by atoms with E-state index in [0.29, 0.717) is 18.4 Å². The number of nitrogens with zero attached hydrogens (tertiary/aromatic N) is 1. The highest BCUT2D eigenvalue weighted by Crippen LogP contribution is 2.57. The van der Waals surface area contributed by atoms with Gasteiger partial charge in [0.15, 0.2) is 0 Å². The Morgan fingerprint density at radius 2 is 1.73 bits per heavy atom. The highest BCUT2D eigenvalue weighted by molar-refractivity contribution is 8.01. The number of carbonyl (C=O) groups excluding carboxylic acids is 1. The van der Waals surface area contributed by atoms with Crippen LogP contribution in [0.1, 0.15) is 120 Å². The van der Waals surface area contributed by atoms with E-state index in [1.165, 1.54) is 0 Å². The molecule has 264 valence electrons. The third-order valence-electron chi connectivity index (χ3n) is 10.4. The van der Waals surface area contributed by atoms with E-state index < -0.39 is 17.7 Å². The zero-order valence-corrected chi connectivity index (χ0v) is 30.8. The molecule has 0 aromatic heterocycles. The van der Waals surface area contributed by atoms with Crippen LogP contribution in [0, 0.1) is 11.8 Å². The molecule has 6 atom stereocenters. The number of nitrogens with one attached hydrogen (secondary N) is 1. The van der Waals surface area contributed by atoms with Gasteiger partial charge in [-0.25, -0.2) is 0 Å². The number of piperidine rings is 1. The smallest absolute Gasteiger partial charge is 0.304 e. The third kappa shape index (κ3) is 9.78. The summed E-state index contributed by atoms with van der Waals surface area (Å²) >= 11 is 8.35. The van der Waals surface area contributed by atoms with Crippen LogP contribution in [-0.4, -0.2) is 66.9 Å². The maximum absolute atomic E-state index is 13.6. The van der Waals surface area contributed by atoms with Gasteiger partial charge in [-0.05, 0) is 120 Å². The van der Waals surface area contributed by atoms with Crippen molar-refractivity contribution in [3.8, 4) is 0 Å². The number of likely N-dealkylation sites (tertiary alicyclic amines) is 1. The van der Waals surface area contributed by atoms with E-state index in [1.54, 1.807) is 25.6 Å². The molecule has 0 spiro atoms. The monoisotopic (exact) mass is 698 g/mol. The maximum atomic E-state index is 13.6. The van der Waals surface area contributed by atoms with Crippen molar-refractivity contribution < 1.29 is 24.9 Å². The van der Waals surface area contributed by atoms with Gasteiger partial charge in [0, 0.05) is 34.0 Å². The number of fused-ring (bicyclic) bond motifs is 1. The fourth-order valence-corrected chi connectivity index (χ4v) is 9.88. The summed E-state index contributed by atoms with van der Waals surface area (Å²) in [5.74, 6) is 0.121. The van der Waals surface area contributed by atoms with Crippen molar-refractivity contribution in [3.05, 3.63) is 70.8 Å². The van der Waals surface area contributed by atoms with Crippen LogP contribution in [-0.2, 0) is 21.6 Å². The molecule has 2 saturated carbocycles. The molecule has 3 fully saturated rings. The molecule has 0 bridgehead atoms. The summed E-state index contributed by atoms with van der Waals surface area (Å²) in [5, 5.41) is 35.6. The first-order valence-electron chi connectivity index (χ1n) is 17.7. The number of aliphatic hydroxyl groups excluding tert-OH is 1. The lowest BCUT2D eigenvalue weighted by atomic mass is 9.72. The second-order valence-electron chi connectivity index (χ2n) is 16.2. The Morgan fingerprint density at radius 1 is 1.02 bits per heavy atom. The highest BCUT2D eigenvalue weighted by Gasteiger charge is 2.47. The van der Waals surface area contributed by atoms with Crippen LogP contribution in [0.15, 0.2) is 48.5 Å². The fourth-order valence-electron chi connectivity index (χ4n) is 7.86. The van der Waals surface area contributed by atoms with Crippen LogP contribution >= 0.6 is 23.4 Å². The Kier molecular flexibility index (Phi) is 11.6.